The Labute approximate surface area is 109 Å². The number of amides is 2. The summed E-state index contributed by atoms with van der Waals surface area (Å²) in [5.41, 5.74) is 0. The Bertz CT molecular complexity index is 507. The van der Waals surface area contributed by atoms with Gasteiger partial charge in [-0.1, -0.05) is 11.6 Å². The number of halogens is 1. The van der Waals surface area contributed by atoms with Gasteiger partial charge in [0.2, 0.25) is 17.8 Å². The Morgan fingerprint density at radius 2 is 2.28 bits per heavy atom. The molecule has 1 unspecified atom stereocenters. The van der Waals surface area contributed by atoms with Gasteiger partial charge < -0.3 is 10.2 Å². The zero-order valence-electron chi connectivity index (χ0n) is 9.90. The lowest BCUT2D eigenvalue weighted by atomic mass is 10.2. The highest BCUT2D eigenvalue weighted by Crippen LogP contribution is 2.26. The smallest absolute Gasteiger partial charge is 0.249 e. The number of piperazine rings is 1. The van der Waals surface area contributed by atoms with E-state index in [0.29, 0.717) is 16.8 Å². The molecule has 2 amide bonds. The highest BCUT2D eigenvalue weighted by atomic mass is 35.5. The topological polar surface area (TPSA) is 87.2 Å². The number of aromatic nitrogens is 2. The van der Waals surface area contributed by atoms with Gasteiger partial charge in [0, 0.05) is 7.05 Å². The van der Waals surface area contributed by atoms with Crippen molar-refractivity contribution in [2.75, 3.05) is 23.8 Å². The van der Waals surface area contributed by atoms with E-state index in [2.05, 4.69) is 20.6 Å². The molecule has 1 fully saturated rings. The van der Waals surface area contributed by atoms with Crippen molar-refractivity contribution in [3.05, 3.63) is 11.2 Å². The molecule has 1 saturated heterocycles. The maximum absolute atomic E-state index is 11.6. The lowest BCUT2D eigenvalue weighted by Crippen LogP contribution is -2.57. The number of carbonyl (C=O) groups is 2. The normalized spacial score (nSPS) is 19.7. The molecule has 1 aromatic heterocycles. The SMILES string of the molecule is CNc1ncc(Cl)c(N2CC(=O)NC(=O)C2C)n1. The number of anilines is 2. The van der Waals surface area contributed by atoms with Crippen LogP contribution < -0.4 is 15.5 Å². The van der Waals surface area contributed by atoms with E-state index >= 15 is 0 Å². The maximum Gasteiger partial charge on any atom is 0.249 e. The Morgan fingerprint density at radius 3 is 2.94 bits per heavy atom. The Morgan fingerprint density at radius 1 is 1.56 bits per heavy atom. The number of nitrogens with one attached hydrogen (secondary N) is 2. The predicted molar refractivity (Wildman–Crippen MR) is 66.5 cm³/mol. The van der Waals surface area contributed by atoms with Crippen molar-refractivity contribution in [1.29, 1.82) is 0 Å². The van der Waals surface area contributed by atoms with Crippen molar-refractivity contribution in [3.63, 3.8) is 0 Å². The minimum atomic E-state index is -0.514. The first kappa shape index (κ1) is 12.6. The van der Waals surface area contributed by atoms with Crippen LogP contribution in [-0.4, -0.2) is 41.4 Å². The monoisotopic (exact) mass is 269 g/mol. The lowest BCUT2D eigenvalue weighted by molar-refractivity contribution is -0.132. The van der Waals surface area contributed by atoms with Gasteiger partial charge in [-0.2, -0.15) is 4.98 Å². The van der Waals surface area contributed by atoms with Gasteiger partial charge in [0.1, 0.15) is 11.1 Å². The van der Waals surface area contributed by atoms with Crippen LogP contribution in [0.4, 0.5) is 11.8 Å². The van der Waals surface area contributed by atoms with Crippen LogP contribution in [0.5, 0.6) is 0 Å². The molecule has 1 aliphatic heterocycles. The van der Waals surface area contributed by atoms with Crippen molar-refractivity contribution >= 4 is 35.2 Å². The molecule has 2 heterocycles. The summed E-state index contributed by atoms with van der Waals surface area (Å²) in [5, 5.41) is 5.33. The second-order valence-corrected chi connectivity index (χ2v) is 4.24. The van der Waals surface area contributed by atoms with Gasteiger partial charge in [0.25, 0.3) is 0 Å². The Hall–Kier alpha value is -1.89. The average molecular weight is 270 g/mol. The third-order valence-electron chi connectivity index (χ3n) is 2.64. The van der Waals surface area contributed by atoms with Gasteiger partial charge in [0.05, 0.1) is 12.7 Å². The summed E-state index contributed by atoms with van der Waals surface area (Å²) in [4.78, 5) is 32.6. The summed E-state index contributed by atoms with van der Waals surface area (Å²) in [7, 11) is 1.67. The molecule has 0 radical (unpaired) electrons. The summed E-state index contributed by atoms with van der Waals surface area (Å²) in [6, 6.07) is -0.514. The standard InChI is InChI=1S/C10H12ClN5O2/c1-5-9(18)14-7(17)4-16(5)8-6(11)3-13-10(12-2)15-8/h3,5H,4H2,1-2H3,(H,12,13,15)(H,14,17,18). The van der Waals surface area contributed by atoms with Crippen LogP contribution in [0.1, 0.15) is 6.92 Å². The molecule has 0 saturated carbocycles. The first-order valence-corrected chi connectivity index (χ1v) is 5.71. The minimum absolute atomic E-state index is 0.0345. The first-order valence-electron chi connectivity index (χ1n) is 5.33. The molecule has 1 aromatic rings. The van der Waals surface area contributed by atoms with Crippen LogP contribution in [0.25, 0.3) is 0 Å². The Balaban J connectivity index is 2.40. The summed E-state index contributed by atoms with van der Waals surface area (Å²) >= 11 is 6.01. The summed E-state index contributed by atoms with van der Waals surface area (Å²) in [5.74, 6) is -0.00234. The highest BCUT2D eigenvalue weighted by molar-refractivity contribution is 6.33. The molecule has 2 N–H and O–H groups in total. The second kappa shape index (κ2) is 4.77. The van der Waals surface area contributed by atoms with E-state index in [9.17, 15) is 9.59 Å². The van der Waals surface area contributed by atoms with Gasteiger partial charge in [0.15, 0.2) is 5.82 Å². The molecule has 1 atom stereocenters. The number of imide groups is 1. The molecule has 18 heavy (non-hydrogen) atoms. The van der Waals surface area contributed by atoms with E-state index in [-0.39, 0.29) is 18.4 Å². The quantitative estimate of drug-likeness (QED) is 0.736. The summed E-state index contributed by atoms with van der Waals surface area (Å²) in [6.07, 6.45) is 1.43. The molecule has 1 aliphatic rings. The first-order chi connectivity index (χ1) is 8.52. The molecule has 0 spiro atoms. The molecular weight excluding hydrogens is 258 g/mol. The van der Waals surface area contributed by atoms with E-state index in [0.717, 1.165) is 0 Å². The fourth-order valence-electron chi connectivity index (χ4n) is 1.65. The van der Waals surface area contributed by atoms with Gasteiger partial charge >= 0.3 is 0 Å². The molecule has 7 nitrogen and oxygen atoms in total. The van der Waals surface area contributed by atoms with Gasteiger partial charge in [-0.3, -0.25) is 14.9 Å². The van der Waals surface area contributed by atoms with Crippen LogP contribution in [0, 0.1) is 0 Å². The molecular formula is C10H12ClN5O2. The van der Waals surface area contributed by atoms with Crippen LogP contribution in [0.15, 0.2) is 6.20 Å². The van der Waals surface area contributed by atoms with Gasteiger partial charge in [-0.05, 0) is 6.92 Å². The van der Waals surface area contributed by atoms with E-state index < -0.39 is 6.04 Å². The minimum Gasteiger partial charge on any atom is -0.357 e. The third-order valence-corrected chi connectivity index (χ3v) is 2.91. The van der Waals surface area contributed by atoms with Crippen molar-refractivity contribution in [2.45, 2.75) is 13.0 Å². The number of hydrogen-bond acceptors (Lipinski definition) is 6. The molecule has 0 aromatic carbocycles. The fraction of sp³-hybridized carbons (Fsp3) is 0.400. The van der Waals surface area contributed by atoms with Crippen molar-refractivity contribution in [3.8, 4) is 0 Å². The zero-order chi connectivity index (χ0) is 13.3. The zero-order valence-corrected chi connectivity index (χ0v) is 10.7. The number of carbonyl (C=O) groups excluding carboxylic acids is 2. The molecule has 96 valence electrons. The van der Waals surface area contributed by atoms with Crippen molar-refractivity contribution in [1.82, 2.24) is 15.3 Å². The molecule has 0 aliphatic carbocycles. The van der Waals surface area contributed by atoms with Crippen LogP contribution >= 0.6 is 11.6 Å². The van der Waals surface area contributed by atoms with E-state index in [1.807, 2.05) is 0 Å². The van der Waals surface area contributed by atoms with E-state index in [1.165, 1.54) is 6.20 Å². The highest BCUT2D eigenvalue weighted by Gasteiger charge is 2.32. The molecule has 8 heteroatoms. The van der Waals surface area contributed by atoms with Crippen molar-refractivity contribution < 1.29 is 9.59 Å². The summed E-state index contributed by atoms with van der Waals surface area (Å²) < 4.78 is 0. The van der Waals surface area contributed by atoms with Gasteiger partial charge in [-0.15, -0.1) is 0 Å². The maximum atomic E-state index is 11.6. The number of nitrogens with zero attached hydrogens (tertiary/aromatic N) is 3. The lowest BCUT2D eigenvalue weighted by Gasteiger charge is -2.32. The van der Waals surface area contributed by atoms with Crippen molar-refractivity contribution in [2.24, 2.45) is 0 Å². The van der Waals surface area contributed by atoms with E-state index in [4.69, 9.17) is 11.6 Å². The number of rotatable bonds is 2. The van der Waals surface area contributed by atoms with Crippen LogP contribution in [0.3, 0.4) is 0 Å². The predicted octanol–water partition coefficient (Wildman–Crippen LogP) is 0.0230. The van der Waals surface area contributed by atoms with Gasteiger partial charge in [-0.25, -0.2) is 4.98 Å². The van der Waals surface area contributed by atoms with Crippen LogP contribution in [0.2, 0.25) is 5.02 Å². The number of hydrogen-bond donors (Lipinski definition) is 2. The van der Waals surface area contributed by atoms with E-state index in [1.54, 1.807) is 18.9 Å². The molecule has 2 rings (SSSR count). The second-order valence-electron chi connectivity index (χ2n) is 3.83. The average Bonchev–Trinajstić information content (AvgIpc) is 2.34. The summed E-state index contributed by atoms with van der Waals surface area (Å²) in [6.45, 7) is 1.71. The Kier molecular flexibility index (Phi) is 3.33. The van der Waals surface area contributed by atoms with Crippen LogP contribution in [-0.2, 0) is 9.59 Å². The largest absolute Gasteiger partial charge is 0.357 e. The fourth-order valence-corrected chi connectivity index (χ4v) is 1.85. The third kappa shape index (κ3) is 2.21. The molecule has 0 bridgehead atoms.